The van der Waals surface area contributed by atoms with Crippen LogP contribution in [-0.4, -0.2) is 18.0 Å². The smallest absolute Gasteiger partial charge is 0.204 e. The lowest BCUT2D eigenvalue weighted by Gasteiger charge is -2.42. The Kier molecular flexibility index (Phi) is 3.93. The van der Waals surface area contributed by atoms with Gasteiger partial charge in [-0.1, -0.05) is 19.9 Å². The Bertz CT molecular complexity index is 396. The third kappa shape index (κ3) is 2.67. The lowest BCUT2D eigenvalue weighted by molar-refractivity contribution is -0.0578. The summed E-state index contributed by atoms with van der Waals surface area (Å²) in [7, 11) is 0. The zero-order valence-electron chi connectivity index (χ0n) is 11.5. The van der Waals surface area contributed by atoms with E-state index >= 15 is 0 Å². The van der Waals surface area contributed by atoms with Gasteiger partial charge in [-0.15, -0.1) is 11.3 Å². The van der Waals surface area contributed by atoms with Crippen molar-refractivity contribution in [3.8, 4) is 0 Å². The number of hydrogen-bond acceptors (Lipinski definition) is 3. The molecule has 18 heavy (non-hydrogen) atoms. The number of rotatable bonds is 4. The van der Waals surface area contributed by atoms with Gasteiger partial charge in [0.2, 0.25) is 5.78 Å². The van der Waals surface area contributed by atoms with Crippen molar-refractivity contribution in [1.29, 1.82) is 0 Å². The van der Waals surface area contributed by atoms with Gasteiger partial charge in [-0.05, 0) is 49.5 Å². The molecule has 0 spiro atoms. The van der Waals surface area contributed by atoms with Gasteiger partial charge in [0.1, 0.15) is 5.60 Å². The van der Waals surface area contributed by atoms with E-state index in [-0.39, 0.29) is 5.78 Å². The fourth-order valence-corrected chi connectivity index (χ4v) is 3.43. The molecular formula is C15H22O2S. The molecule has 0 atom stereocenters. The molecule has 0 amide bonds. The van der Waals surface area contributed by atoms with Crippen LogP contribution in [0.4, 0.5) is 0 Å². The highest BCUT2D eigenvalue weighted by Gasteiger charge is 2.45. The van der Waals surface area contributed by atoms with E-state index in [1.54, 1.807) is 0 Å². The highest BCUT2D eigenvalue weighted by Crippen LogP contribution is 2.43. The van der Waals surface area contributed by atoms with Crippen LogP contribution in [-0.2, 0) is 4.74 Å². The van der Waals surface area contributed by atoms with Gasteiger partial charge in [-0.25, -0.2) is 0 Å². The molecule has 1 fully saturated rings. The zero-order valence-corrected chi connectivity index (χ0v) is 12.3. The molecule has 2 rings (SSSR count). The van der Waals surface area contributed by atoms with Crippen molar-refractivity contribution in [1.82, 2.24) is 0 Å². The molecule has 1 aromatic heterocycles. The Morgan fingerprint density at radius 2 is 2.00 bits per heavy atom. The second-order valence-corrected chi connectivity index (χ2v) is 6.85. The fourth-order valence-electron chi connectivity index (χ4n) is 2.68. The van der Waals surface area contributed by atoms with E-state index in [0.29, 0.717) is 12.0 Å². The van der Waals surface area contributed by atoms with Crippen LogP contribution < -0.4 is 0 Å². The van der Waals surface area contributed by atoms with Gasteiger partial charge in [0, 0.05) is 6.61 Å². The van der Waals surface area contributed by atoms with Crippen LogP contribution in [0, 0.1) is 5.41 Å². The maximum atomic E-state index is 12.7. The van der Waals surface area contributed by atoms with Crippen molar-refractivity contribution in [2.24, 2.45) is 5.41 Å². The van der Waals surface area contributed by atoms with E-state index in [2.05, 4.69) is 13.8 Å². The van der Waals surface area contributed by atoms with Crippen molar-refractivity contribution in [2.45, 2.75) is 52.1 Å². The fraction of sp³-hybridized carbons (Fsp3) is 0.667. The SMILES string of the molecule is CCOC1(C(=O)c2cccs2)CCC(C)(C)CC1. The van der Waals surface area contributed by atoms with Crippen LogP contribution in [0.5, 0.6) is 0 Å². The molecule has 100 valence electrons. The van der Waals surface area contributed by atoms with E-state index in [9.17, 15) is 4.79 Å². The summed E-state index contributed by atoms with van der Waals surface area (Å²) in [6.45, 7) is 7.14. The van der Waals surface area contributed by atoms with E-state index in [4.69, 9.17) is 4.74 Å². The molecule has 1 aromatic rings. The first kappa shape index (κ1) is 13.8. The summed E-state index contributed by atoms with van der Waals surface area (Å²) in [6.07, 6.45) is 3.82. The lowest BCUT2D eigenvalue weighted by atomic mass is 9.69. The molecule has 0 aromatic carbocycles. The monoisotopic (exact) mass is 266 g/mol. The van der Waals surface area contributed by atoms with E-state index in [0.717, 1.165) is 30.6 Å². The molecule has 3 heteroatoms. The second kappa shape index (κ2) is 5.14. The Morgan fingerprint density at radius 3 is 2.50 bits per heavy atom. The third-order valence-electron chi connectivity index (χ3n) is 3.99. The number of carbonyl (C=O) groups excluding carboxylic acids is 1. The van der Waals surface area contributed by atoms with Crippen molar-refractivity contribution in [2.75, 3.05) is 6.61 Å². The highest BCUT2D eigenvalue weighted by molar-refractivity contribution is 7.12. The minimum atomic E-state index is -0.560. The summed E-state index contributed by atoms with van der Waals surface area (Å²) in [5.74, 6) is 0.190. The maximum Gasteiger partial charge on any atom is 0.204 e. The molecule has 1 heterocycles. The first-order chi connectivity index (χ1) is 8.49. The lowest BCUT2D eigenvalue weighted by Crippen LogP contribution is -2.46. The summed E-state index contributed by atoms with van der Waals surface area (Å²) in [6, 6.07) is 3.85. The second-order valence-electron chi connectivity index (χ2n) is 5.90. The van der Waals surface area contributed by atoms with Crippen molar-refractivity contribution in [3.63, 3.8) is 0 Å². The van der Waals surface area contributed by atoms with Gasteiger partial charge in [-0.2, -0.15) is 0 Å². The van der Waals surface area contributed by atoms with Crippen LogP contribution in [0.25, 0.3) is 0 Å². The number of ketones is 1. The minimum absolute atomic E-state index is 0.190. The Balaban J connectivity index is 2.20. The summed E-state index contributed by atoms with van der Waals surface area (Å²) < 4.78 is 5.91. The summed E-state index contributed by atoms with van der Waals surface area (Å²) in [5.41, 5.74) is -0.217. The van der Waals surface area contributed by atoms with Gasteiger partial charge in [-0.3, -0.25) is 4.79 Å². The van der Waals surface area contributed by atoms with Crippen molar-refractivity contribution in [3.05, 3.63) is 22.4 Å². The molecule has 2 nitrogen and oxygen atoms in total. The maximum absolute atomic E-state index is 12.7. The largest absolute Gasteiger partial charge is 0.367 e. The standard InChI is InChI=1S/C15H22O2S/c1-4-17-15(9-7-14(2,3)8-10-15)13(16)12-6-5-11-18-12/h5-6,11H,4,7-10H2,1-3H3. The molecule has 1 saturated carbocycles. The first-order valence-corrected chi connectivity index (χ1v) is 7.59. The number of hydrogen-bond donors (Lipinski definition) is 0. The van der Waals surface area contributed by atoms with Crippen LogP contribution in [0.15, 0.2) is 17.5 Å². The Morgan fingerprint density at radius 1 is 1.33 bits per heavy atom. The number of ether oxygens (including phenoxy) is 1. The molecule has 0 aliphatic heterocycles. The van der Waals surface area contributed by atoms with E-state index < -0.39 is 5.60 Å². The number of thiophene rings is 1. The van der Waals surface area contributed by atoms with Gasteiger partial charge in [0.15, 0.2) is 0 Å². The number of Topliss-reactive ketones (excluding diaryl/α,β-unsaturated/α-hetero) is 1. The highest BCUT2D eigenvalue weighted by atomic mass is 32.1. The quantitative estimate of drug-likeness (QED) is 0.759. The molecule has 0 N–H and O–H groups in total. The van der Waals surface area contributed by atoms with Crippen molar-refractivity contribution >= 4 is 17.1 Å². The van der Waals surface area contributed by atoms with Gasteiger partial charge >= 0.3 is 0 Å². The minimum Gasteiger partial charge on any atom is -0.367 e. The Hall–Kier alpha value is -0.670. The molecule has 1 aliphatic carbocycles. The topological polar surface area (TPSA) is 26.3 Å². The van der Waals surface area contributed by atoms with Crippen LogP contribution in [0.3, 0.4) is 0 Å². The third-order valence-corrected chi connectivity index (χ3v) is 4.86. The zero-order chi connectivity index (χ0) is 13.2. The number of carbonyl (C=O) groups is 1. The van der Waals surface area contributed by atoms with Crippen LogP contribution in [0.2, 0.25) is 0 Å². The first-order valence-electron chi connectivity index (χ1n) is 6.71. The van der Waals surface area contributed by atoms with Crippen molar-refractivity contribution < 1.29 is 9.53 Å². The average molecular weight is 266 g/mol. The molecule has 0 unspecified atom stereocenters. The predicted octanol–water partition coefficient (Wildman–Crippen LogP) is 4.31. The summed E-state index contributed by atoms with van der Waals surface area (Å²) in [5, 5.41) is 1.96. The molecular weight excluding hydrogens is 244 g/mol. The van der Waals surface area contributed by atoms with E-state index in [1.807, 2.05) is 24.4 Å². The van der Waals surface area contributed by atoms with Gasteiger partial charge < -0.3 is 4.74 Å². The van der Waals surface area contributed by atoms with E-state index in [1.165, 1.54) is 11.3 Å². The molecule has 0 radical (unpaired) electrons. The van der Waals surface area contributed by atoms with Crippen LogP contribution in [0.1, 0.15) is 56.1 Å². The molecule has 1 aliphatic rings. The normalized spacial score (nSPS) is 21.7. The van der Waals surface area contributed by atoms with Gasteiger partial charge in [0.05, 0.1) is 4.88 Å². The average Bonchev–Trinajstić information content (AvgIpc) is 2.85. The molecule has 0 bridgehead atoms. The Labute approximate surface area is 113 Å². The van der Waals surface area contributed by atoms with Gasteiger partial charge in [0.25, 0.3) is 0 Å². The predicted molar refractivity (Wildman–Crippen MR) is 75.3 cm³/mol. The molecule has 0 saturated heterocycles. The summed E-state index contributed by atoms with van der Waals surface area (Å²) >= 11 is 1.52. The van der Waals surface area contributed by atoms with Crippen LogP contribution >= 0.6 is 11.3 Å². The summed E-state index contributed by atoms with van der Waals surface area (Å²) in [4.78, 5) is 13.5.